The molecule has 5 N–H and O–H groups in total. The number of primary amides is 1. The lowest BCUT2D eigenvalue weighted by atomic mass is 9.81. The first-order valence-corrected chi connectivity index (χ1v) is 9.45. The van der Waals surface area contributed by atoms with Crippen molar-refractivity contribution in [3.63, 3.8) is 0 Å². The third-order valence-corrected chi connectivity index (χ3v) is 6.21. The zero-order chi connectivity index (χ0) is 20.3. The van der Waals surface area contributed by atoms with Gasteiger partial charge in [-0.2, -0.15) is 0 Å². The van der Waals surface area contributed by atoms with Crippen molar-refractivity contribution in [1.29, 1.82) is 0 Å². The van der Waals surface area contributed by atoms with Crippen LogP contribution in [0.1, 0.15) is 31.0 Å². The molecule has 0 radical (unpaired) electrons. The first-order valence-electron chi connectivity index (χ1n) is 9.08. The van der Waals surface area contributed by atoms with Crippen molar-refractivity contribution in [3.05, 3.63) is 46.4 Å². The molecule has 28 heavy (non-hydrogen) atoms. The van der Waals surface area contributed by atoms with Gasteiger partial charge in [-0.05, 0) is 37.8 Å². The van der Waals surface area contributed by atoms with E-state index in [0.717, 1.165) is 12.8 Å². The van der Waals surface area contributed by atoms with Gasteiger partial charge < -0.3 is 21.3 Å². The second-order valence-electron chi connectivity index (χ2n) is 7.72. The summed E-state index contributed by atoms with van der Waals surface area (Å²) in [4.78, 5) is 16.8. The van der Waals surface area contributed by atoms with E-state index in [9.17, 15) is 14.3 Å². The summed E-state index contributed by atoms with van der Waals surface area (Å²) in [5.74, 6) is -0.886. The Morgan fingerprint density at radius 3 is 2.82 bits per heavy atom. The lowest BCUT2D eigenvalue weighted by molar-refractivity contribution is -0.123. The summed E-state index contributed by atoms with van der Waals surface area (Å²) in [5.41, 5.74) is 10.4. The maximum absolute atomic E-state index is 14.1. The number of nitrogens with two attached hydrogens (primary N) is 2. The van der Waals surface area contributed by atoms with Gasteiger partial charge in [0, 0.05) is 17.7 Å². The molecule has 1 aliphatic carbocycles. The zero-order valence-electron chi connectivity index (χ0n) is 15.3. The van der Waals surface area contributed by atoms with Crippen LogP contribution in [0.3, 0.4) is 0 Å². The lowest BCUT2D eigenvalue weighted by Gasteiger charge is -2.28. The van der Waals surface area contributed by atoms with E-state index < -0.39 is 22.7 Å². The summed E-state index contributed by atoms with van der Waals surface area (Å²) >= 11 is 6.19. The van der Waals surface area contributed by atoms with Crippen molar-refractivity contribution in [1.82, 2.24) is 4.98 Å². The minimum absolute atomic E-state index is 0.0210. The molecule has 1 aliphatic heterocycles. The van der Waals surface area contributed by atoms with Gasteiger partial charge in [0.05, 0.1) is 10.7 Å². The number of aliphatic hydroxyl groups is 1. The van der Waals surface area contributed by atoms with E-state index in [4.69, 9.17) is 27.8 Å². The van der Waals surface area contributed by atoms with Crippen LogP contribution in [-0.2, 0) is 15.8 Å². The van der Waals surface area contributed by atoms with E-state index in [1.807, 2.05) is 0 Å². The highest BCUT2D eigenvalue weighted by molar-refractivity contribution is 6.33. The molecule has 0 unspecified atom stereocenters. The highest BCUT2D eigenvalue weighted by atomic mass is 35.5. The number of aromatic nitrogens is 1. The summed E-state index contributed by atoms with van der Waals surface area (Å²) in [7, 11) is 0. The number of amides is 1. The molecule has 8 heteroatoms. The Balaban J connectivity index is 2.01. The Morgan fingerprint density at radius 1 is 1.50 bits per heavy atom. The topological polar surface area (TPSA) is 111 Å². The summed E-state index contributed by atoms with van der Waals surface area (Å²) in [6.45, 7) is 1.65. The molecule has 6 nitrogen and oxygen atoms in total. The van der Waals surface area contributed by atoms with Gasteiger partial charge in [0.15, 0.2) is 0 Å². The van der Waals surface area contributed by atoms with Crippen molar-refractivity contribution >= 4 is 17.5 Å². The molecule has 1 amide bonds. The molecule has 2 aromatic rings. The molecule has 2 heterocycles. The molecule has 2 aliphatic rings. The SMILES string of the molecule is C[C@]1(C(N)=O)COc2c1cc([C@@](O)(CN)C1CC1)nc2-c1cccc(F)c1Cl. The molecule has 0 bridgehead atoms. The minimum Gasteiger partial charge on any atom is -0.489 e. The number of hydrogen-bond acceptors (Lipinski definition) is 5. The second-order valence-corrected chi connectivity index (χ2v) is 8.10. The number of halogens is 2. The molecule has 1 aromatic carbocycles. The fraction of sp³-hybridized carbons (Fsp3) is 0.400. The number of nitrogens with zero attached hydrogens (tertiary/aromatic N) is 1. The predicted octanol–water partition coefficient (Wildman–Crippen LogP) is 2.23. The van der Waals surface area contributed by atoms with Crippen LogP contribution in [0, 0.1) is 11.7 Å². The Morgan fingerprint density at radius 2 is 2.21 bits per heavy atom. The highest BCUT2D eigenvalue weighted by Crippen LogP contribution is 2.50. The van der Waals surface area contributed by atoms with Crippen LogP contribution in [-0.4, -0.2) is 29.1 Å². The van der Waals surface area contributed by atoms with E-state index in [0.29, 0.717) is 22.6 Å². The summed E-state index contributed by atoms with van der Waals surface area (Å²) < 4.78 is 19.9. The molecular weight excluding hydrogens is 385 g/mol. The van der Waals surface area contributed by atoms with Crippen LogP contribution in [0.4, 0.5) is 4.39 Å². The van der Waals surface area contributed by atoms with E-state index >= 15 is 0 Å². The van der Waals surface area contributed by atoms with Crippen LogP contribution in [0.2, 0.25) is 5.02 Å². The number of pyridine rings is 1. The number of rotatable bonds is 5. The average Bonchev–Trinajstić information content (AvgIpc) is 3.47. The van der Waals surface area contributed by atoms with Crippen LogP contribution in [0.5, 0.6) is 5.75 Å². The molecule has 1 fully saturated rings. The predicted molar refractivity (Wildman–Crippen MR) is 102 cm³/mol. The lowest BCUT2D eigenvalue weighted by Crippen LogP contribution is -2.41. The van der Waals surface area contributed by atoms with E-state index in [2.05, 4.69) is 4.98 Å². The number of hydrogen-bond donors (Lipinski definition) is 3. The molecular formula is C20H21ClFN3O3. The van der Waals surface area contributed by atoms with E-state index in [-0.39, 0.29) is 29.8 Å². The van der Waals surface area contributed by atoms with E-state index in [1.54, 1.807) is 19.1 Å². The van der Waals surface area contributed by atoms with Crippen molar-refractivity contribution in [2.75, 3.05) is 13.2 Å². The molecule has 1 saturated carbocycles. The molecule has 0 saturated heterocycles. The highest BCUT2D eigenvalue weighted by Gasteiger charge is 2.49. The summed E-state index contributed by atoms with van der Waals surface area (Å²) in [6.07, 6.45) is 1.65. The van der Waals surface area contributed by atoms with Gasteiger partial charge in [0.1, 0.15) is 34.9 Å². The molecule has 2 atom stereocenters. The van der Waals surface area contributed by atoms with Crippen LogP contribution >= 0.6 is 11.6 Å². The molecule has 148 valence electrons. The smallest absolute Gasteiger partial charge is 0.231 e. The first kappa shape index (κ1) is 19.1. The zero-order valence-corrected chi connectivity index (χ0v) is 16.1. The first-order chi connectivity index (χ1) is 13.2. The van der Waals surface area contributed by atoms with Gasteiger partial charge in [-0.1, -0.05) is 23.7 Å². The quantitative estimate of drug-likeness (QED) is 0.706. The van der Waals surface area contributed by atoms with Gasteiger partial charge in [0.25, 0.3) is 0 Å². The van der Waals surface area contributed by atoms with Gasteiger partial charge in [0.2, 0.25) is 5.91 Å². The van der Waals surface area contributed by atoms with Crippen molar-refractivity contribution in [3.8, 4) is 17.0 Å². The number of ether oxygens (including phenoxy) is 1. The van der Waals surface area contributed by atoms with Crippen molar-refractivity contribution < 1.29 is 19.0 Å². The third-order valence-electron chi connectivity index (χ3n) is 5.83. The average molecular weight is 406 g/mol. The van der Waals surface area contributed by atoms with Crippen molar-refractivity contribution in [2.24, 2.45) is 17.4 Å². The molecule has 4 rings (SSSR count). The maximum Gasteiger partial charge on any atom is 0.231 e. The second kappa shape index (κ2) is 6.40. The number of benzene rings is 1. The summed E-state index contributed by atoms with van der Waals surface area (Å²) in [5, 5.41) is 11.1. The normalized spacial score (nSPS) is 23.0. The molecule has 0 spiro atoms. The van der Waals surface area contributed by atoms with Crippen LogP contribution in [0.25, 0.3) is 11.3 Å². The number of carbonyl (C=O) groups excluding carboxylic acids is 1. The number of fused-ring (bicyclic) bond motifs is 1. The monoisotopic (exact) mass is 405 g/mol. The molecule has 1 aromatic heterocycles. The standard InChI is InChI=1S/C20H21ClFN3O3/c1-19(18(24)26)9-28-17-12(19)7-14(20(27,8-23)10-5-6-10)25-16(17)11-3-2-4-13(22)15(11)21/h2-4,7,10,27H,5-6,8-9,23H2,1H3,(H2,24,26)/t19-,20+/m0/s1. The van der Waals surface area contributed by atoms with Gasteiger partial charge in [-0.15, -0.1) is 0 Å². The number of carbonyl (C=O) groups is 1. The van der Waals surface area contributed by atoms with Crippen molar-refractivity contribution in [2.45, 2.75) is 30.8 Å². The van der Waals surface area contributed by atoms with E-state index in [1.165, 1.54) is 12.1 Å². The largest absolute Gasteiger partial charge is 0.489 e. The Hall–Kier alpha value is -2.22. The Bertz CT molecular complexity index is 981. The Kier molecular flexibility index (Phi) is 4.37. The third kappa shape index (κ3) is 2.69. The Labute approximate surface area is 166 Å². The fourth-order valence-corrected chi connectivity index (χ4v) is 3.94. The summed E-state index contributed by atoms with van der Waals surface area (Å²) in [6, 6.07) is 5.99. The van der Waals surface area contributed by atoms with Crippen LogP contribution in [0.15, 0.2) is 24.3 Å². The van der Waals surface area contributed by atoms with Gasteiger partial charge in [-0.25, -0.2) is 9.37 Å². The van der Waals surface area contributed by atoms with Gasteiger partial charge >= 0.3 is 0 Å². The van der Waals surface area contributed by atoms with Gasteiger partial charge in [-0.3, -0.25) is 4.79 Å². The minimum atomic E-state index is -1.36. The maximum atomic E-state index is 14.1. The fourth-order valence-electron chi connectivity index (χ4n) is 3.72. The van der Waals surface area contributed by atoms with Crippen LogP contribution < -0.4 is 16.2 Å².